The summed E-state index contributed by atoms with van der Waals surface area (Å²) in [6.07, 6.45) is 44.4. The number of carbonyl (C=O) groups excluding carboxylic acids is 2. The van der Waals surface area contributed by atoms with E-state index in [1.165, 1.54) is 77.0 Å². The highest BCUT2D eigenvalue weighted by atomic mass is 31.2. The first-order valence-corrected chi connectivity index (χ1v) is 22.8. The Bertz CT molecular complexity index is 1180. The van der Waals surface area contributed by atoms with E-state index in [4.69, 9.17) is 24.8 Å². The number of rotatable bonds is 39. The maximum atomic E-state index is 12.6. The number of carbonyl (C=O) groups is 3. The van der Waals surface area contributed by atoms with Crippen LogP contribution in [-0.4, -0.2) is 59.9 Å². The third-order valence-corrected chi connectivity index (χ3v) is 9.73. The van der Waals surface area contributed by atoms with E-state index < -0.39 is 51.1 Å². The second-order valence-electron chi connectivity index (χ2n) is 14.1. The predicted octanol–water partition coefficient (Wildman–Crippen LogP) is 11.2. The van der Waals surface area contributed by atoms with Crippen LogP contribution in [0.5, 0.6) is 0 Å². The molecule has 1 unspecified atom stereocenters. The monoisotopic (exact) mass is 810 g/mol. The molecule has 0 aliphatic heterocycles. The molecule has 0 aliphatic carbocycles. The fourth-order valence-corrected chi connectivity index (χ4v) is 6.18. The largest absolute Gasteiger partial charge is 0.480 e. The highest BCUT2D eigenvalue weighted by Gasteiger charge is 2.28. The van der Waals surface area contributed by atoms with Crippen LogP contribution in [0.25, 0.3) is 0 Å². The number of esters is 2. The Labute approximate surface area is 338 Å². The number of phosphoric ester groups is 1. The second-order valence-corrected chi connectivity index (χ2v) is 15.6. The zero-order valence-corrected chi connectivity index (χ0v) is 35.6. The minimum atomic E-state index is -4.73. The molecule has 0 spiro atoms. The number of ether oxygens (including phenoxy) is 2. The van der Waals surface area contributed by atoms with Gasteiger partial charge in [-0.05, 0) is 51.4 Å². The first-order chi connectivity index (χ1) is 27.1. The average molecular weight is 810 g/mol. The Kier molecular flexibility index (Phi) is 37.1. The Morgan fingerprint density at radius 3 is 1.48 bits per heavy atom. The van der Waals surface area contributed by atoms with Gasteiger partial charge in [0.05, 0.1) is 13.2 Å². The van der Waals surface area contributed by atoms with Crippen molar-refractivity contribution in [2.45, 2.75) is 180 Å². The van der Waals surface area contributed by atoms with Gasteiger partial charge in [0, 0.05) is 12.8 Å². The molecule has 0 aromatic rings. The zero-order valence-electron chi connectivity index (χ0n) is 34.7. The van der Waals surface area contributed by atoms with Gasteiger partial charge in [0.25, 0.3) is 0 Å². The third kappa shape index (κ3) is 38.1. The molecule has 0 aliphatic rings. The fraction of sp³-hybridized carbons (Fsp3) is 0.705. The summed E-state index contributed by atoms with van der Waals surface area (Å²) in [5.74, 6) is -2.49. The van der Waals surface area contributed by atoms with Crippen LogP contribution in [0, 0.1) is 0 Å². The summed E-state index contributed by atoms with van der Waals surface area (Å²) in [4.78, 5) is 45.9. The van der Waals surface area contributed by atoms with Crippen molar-refractivity contribution in [1.82, 2.24) is 0 Å². The number of carboxylic acid groups (broad SMARTS) is 1. The second kappa shape index (κ2) is 39.0. The number of hydrogen-bond donors (Lipinski definition) is 3. The molecule has 4 N–H and O–H groups in total. The van der Waals surface area contributed by atoms with E-state index >= 15 is 0 Å². The Morgan fingerprint density at radius 2 is 0.982 bits per heavy atom. The summed E-state index contributed by atoms with van der Waals surface area (Å²) >= 11 is 0. The lowest BCUT2D eigenvalue weighted by molar-refractivity contribution is -0.161. The van der Waals surface area contributed by atoms with E-state index in [0.29, 0.717) is 12.8 Å². The van der Waals surface area contributed by atoms with E-state index in [1.54, 1.807) is 0 Å². The summed E-state index contributed by atoms with van der Waals surface area (Å²) in [7, 11) is -4.73. The van der Waals surface area contributed by atoms with E-state index in [-0.39, 0.29) is 19.4 Å². The Hall–Kier alpha value is -2.82. The van der Waals surface area contributed by atoms with E-state index in [1.807, 2.05) is 12.2 Å². The number of nitrogens with two attached hydrogens (primary N) is 1. The van der Waals surface area contributed by atoms with Gasteiger partial charge in [0.15, 0.2) is 6.10 Å². The molecule has 0 fully saturated rings. The van der Waals surface area contributed by atoms with Gasteiger partial charge in [0.1, 0.15) is 12.6 Å². The smallest absolute Gasteiger partial charge is 0.472 e. The molecular formula is C44H76NO10P. The van der Waals surface area contributed by atoms with Gasteiger partial charge in [-0.1, -0.05) is 164 Å². The fourth-order valence-electron chi connectivity index (χ4n) is 5.40. The van der Waals surface area contributed by atoms with Crippen LogP contribution in [0.2, 0.25) is 0 Å². The van der Waals surface area contributed by atoms with Crippen LogP contribution in [-0.2, 0) is 37.5 Å². The van der Waals surface area contributed by atoms with Crippen molar-refractivity contribution >= 4 is 25.7 Å². The minimum absolute atomic E-state index is 0.0370. The van der Waals surface area contributed by atoms with Crippen molar-refractivity contribution < 1.29 is 47.5 Å². The number of unbranched alkanes of at least 4 members (excludes halogenated alkanes) is 15. The first kappa shape index (κ1) is 53.2. The molecule has 0 rings (SSSR count). The van der Waals surface area contributed by atoms with Crippen LogP contribution in [0.3, 0.4) is 0 Å². The predicted molar refractivity (Wildman–Crippen MR) is 226 cm³/mol. The molecule has 56 heavy (non-hydrogen) atoms. The molecule has 0 saturated heterocycles. The topological polar surface area (TPSA) is 172 Å². The summed E-state index contributed by atoms with van der Waals surface area (Å²) in [6, 6.07) is -1.53. The van der Waals surface area contributed by atoms with Crippen LogP contribution in [0.15, 0.2) is 60.8 Å². The lowest BCUT2D eigenvalue weighted by atomic mass is 10.0. The standard InChI is InChI=1S/C44H76NO10P/c1-3-5-7-9-11-13-15-17-18-19-20-21-22-24-26-28-30-32-34-36-43(47)55-40(38-53-56(50,51)54-39-41(45)44(48)49)37-52-42(46)35-33-31-29-27-25-23-16-14-12-10-8-6-4-2/h11,13,17-18,20-21,24,26,30,32,40-41H,3-10,12,14-16,19,22-23,25,27-29,31,33-39,45H2,1-2H3,(H,48,49)(H,50,51)/b13-11-,18-17-,21-20-,26-24-,32-30-/t40-,41+/m1/s1. The van der Waals surface area contributed by atoms with Crippen LogP contribution in [0.4, 0.5) is 0 Å². The van der Waals surface area contributed by atoms with Crippen molar-refractivity contribution in [3.63, 3.8) is 0 Å². The molecule has 0 heterocycles. The van der Waals surface area contributed by atoms with E-state index in [2.05, 4.69) is 67.0 Å². The molecule has 0 saturated carbocycles. The number of phosphoric acid groups is 1. The van der Waals surface area contributed by atoms with Crippen molar-refractivity contribution in [2.24, 2.45) is 5.73 Å². The number of hydrogen-bond acceptors (Lipinski definition) is 9. The van der Waals surface area contributed by atoms with Crippen molar-refractivity contribution in [3.8, 4) is 0 Å². The number of aliphatic carboxylic acids is 1. The Morgan fingerprint density at radius 1 is 0.554 bits per heavy atom. The molecule has 0 aromatic heterocycles. The molecule has 0 amide bonds. The maximum Gasteiger partial charge on any atom is 0.472 e. The van der Waals surface area contributed by atoms with Gasteiger partial charge in [-0.2, -0.15) is 0 Å². The van der Waals surface area contributed by atoms with E-state index in [0.717, 1.165) is 51.4 Å². The molecule has 3 atom stereocenters. The van der Waals surface area contributed by atoms with Crippen LogP contribution < -0.4 is 5.73 Å². The summed E-state index contributed by atoms with van der Waals surface area (Å²) in [6.45, 7) is 2.69. The first-order valence-electron chi connectivity index (χ1n) is 21.3. The molecule has 12 heteroatoms. The molecule has 0 aromatic carbocycles. The lowest BCUT2D eigenvalue weighted by Crippen LogP contribution is -2.34. The Balaban J connectivity index is 4.51. The minimum Gasteiger partial charge on any atom is -0.480 e. The normalized spacial score (nSPS) is 14.4. The molecule has 322 valence electrons. The summed E-state index contributed by atoms with van der Waals surface area (Å²) in [5, 5.41) is 8.88. The lowest BCUT2D eigenvalue weighted by Gasteiger charge is -2.20. The van der Waals surface area contributed by atoms with Gasteiger partial charge < -0.3 is 25.2 Å². The third-order valence-electron chi connectivity index (χ3n) is 8.78. The van der Waals surface area contributed by atoms with Crippen LogP contribution in [0.1, 0.15) is 168 Å². The van der Waals surface area contributed by atoms with E-state index in [9.17, 15) is 23.8 Å². The quantitative estimate of drug-likeness (QED) is 0.0233. The molecule has 0 bridgehead atoms. The van der Waals surface area contributed by atoms with Crippen molar-refractivity contribution in [1.29, 1.82) is 0 Å². The SMILES string of the molecule is CCCCC/C=C\C/C=C\C/C=C\C/C=C\C/C=C\CCC(=O)O[C@H](COC(=O)CCCCCCCCCCCCCCC)COP(=O)(O)OC[C@H](N)C(=O)O. The summed E-state index contributed by atoms with van der Waals surface area (Å²) < 4.78 is 32.6. The van der Waals surface area contributed by atoms with Gasteiger partial charge in [-0.15, -0.1) is 0 Å². The van der Waals surface area contributed by atoms with Gasteiger partial charge in [-0.25, -0.2) is 4.57 Å². The molecule has 11 nitrogen and oxygen atoms in total. The highest BCUT2D eigenvalue weighted by Crippen LogP contribution is 2.43. The van der Waals surface area contributed by atoms with Gasteiger partial charge >= 0.3 is 25.7 Å². The van der Waals surface area contributed by atoms with Gasteiger partial charge in [0.2, 0.25) is 0 Å². The number of allylic oxidation sites excluding steroid dienone is 10. The van der Waals surface area contributed by atoms with Crippen molar-refractivity contribution in [2.75, 3.05) is 19.8 Å². The average Bonchev–Trinajstić information content (AvgIpc) is 3.17. The molecular weight excluding hydrogens is 733 g/mol. The van der Waals surface area contributed by atoms with Crippen molar-refractivity contribution in [3.05, 3.63) is 60.8 Å². The number of carboxylic acids is 1. The van der Waals surface area contributed by atoms with Crippen LogP contribution >= 0.6 is 7.82 Å². The zero-order chi connectivity index (χ0) is 41.4. The maximum absolute atomic E-state index is 12.6. The summed E-state index contributed by atoms with van der Waals surface area (Å²) in [5.41, 5.74) is 5.32. The highest BCUT2D eigenvalue weighted by molar-refractivity contribution is 7.47. The molecule has 0 radical (unpaired) electrons. The van der Waals surface area contributed by atoms with Gasteiger partial charge in [-0.3, -0.25) is 23.4 Å².